The summed E-state index contributed by atoms with van der Waals surface area (Å²) in [5.41, 5.74) is 6.27. The van der Waals surface area contributed by atoms with Crippen molar-refractivity contribution in [3.63, 3.8) is 0 Å². The van der Waals surface area contributed by atoms with Gasteiger partial charge in [-0.25, -0.2) is 0 Å². The Balaban J connectivity index is 1.65. The van der Waals surface area contributed by atoms with Crippen LogP contribution in [0.5, 0.6) is 5.75 Å². The molecule has 1 aliphatic carbocycles. The van der Waals surface area contributed by atoms with Gasteiger partial charge in [0.15, 0.2) is 6.61 Å². The maximum absolute atomic E-state index is 11.7. The van der Waals surface area contributed by atoms with Gasteiger partial charge in [0.2, 0.25) is 0 Å². The predicted octanol–water partition coefficient (Wildman–Crippen LogP) is 2.34. The van der Waals surface area contributed by atoms with Crippen LogP contribution in [-0.2, 0) is 4.79 Å². The van der Waals surface area contributed by atoms with E-state index in [0.717, 1.165) is 6.54 Å². The molecule has 0 heterocycles. The average Bonchev–Trinajstić information content (AvgIpc) is 2.45. The van der Waals surface area contributed by atoms with Crippen LogP contribution in [0.3, 0.4) is 0 Å². The zero-order chi connectivity index (χ0) is 13.5. The fraction of sp³-hybridized carbons (Fsp3) is 0.533. The monoisotopic (exact) mass is 262 g/mol. The number of nitrogen functional groups attached to an aromatic ring is 1. The smallest absolute Gasteiger partial charge is 0.257 e. The maximum Gasteiger partial charge on any atom is 0.257 e. The lowest BCUT2D eigenvalue weighted by molar-refractivity contribution is -0.123. The number of nitrogens with two attached hydrogens (primary N) is 1. The van der Waals surface area contributed by atoms with Crippen molar-refractivity contribution in [2.45, 2.75) is 32.1 Å². The minimum absolute atomic E-state index is 0.0533. The summed E-state index contributed by atoms with van der Waals surface area (Å²) in [6, 6.07) is 7.05. The SMILES string of the molecule is Nc1ccc(OCC(=O)NCC2CCCCC2)cc1. The van der Waals surface area contributed by atoms with Crippen molar-refractivity contribution < 1.29 is 9.53 Å². The number of benzene rings is 1. The van der Waals surface area contributed by atoms with Gasteiger partial charge in [-0.3, -0.25) is 4.79 Å². The molecule has 1 aromatic rings. The van der Waals surface area contributed by atoms with Crippen molar-refractivity contribution in [1.29, 1.82) is 0 Å². The summed E-state index contributed by atoms with van der Waals surface area (Å²) in [6.45, 7) is 0.848. The molecule has 1 amide bonds. The first-order chi connectivity index (χ1) is 9.24. The molecule has 0 unspecified atom stereocenters. The van der Waals surface area contributed by atoms with Crippen LogP contribution in [0, 0.1) is 5.92 Å². The van der Waals surface area contributed by atoms with Gasteiger partial charge in [0, 0.05) is 12.2 Å². The van der Waals surface area contributed by atoms with Crippen LogP contribution in [0.15, 0.2) is 24.3 Å². The fourth-order valence-corrected chi connectivity index (χ4v) is 2.41. The summed E-state index contributed by atoms with van der Waals surface area (Å²) in [7, 11) is 0. The number of nitrogens with one attached hydrogen (secondary N) is 1. The van der Waals surface area contributed by atoms with Crippen molar-refractivity contribution in [3.8, 4) is 5.75 Å². The first-order valence-electron chi connectivity index (χ1n) is 6.99. The van der Waals surface area contributed by atoms with Crippen molar-refractivity contribution in [2.24, 2.45) is 5.92 Å². The van der Waals surface area contributed by atoms with Gasteiger partial charge in [0.05, 0.1) is 0 Å². The molecule has 0 atom stereocenters. The highest BCUT2D eigenvalue weighted by Gasteiger charge is 2.14. The number of ether oxygens (including phenoxy) is 1. The first kappa shape index (κ1) is 13.7. The lowest BCUT2D eigenvalue weighted by Gasteiger charge is -2.21. The number of anilines is 1. The third kappa shape index (κ3) is 4.81. The summed E-state index contributed by atoms with van der Waals surface area (Å²) >= 11 is 0. The van der Waals surface area contributed by atoms with Gasteiger partial charge in [-0.2, -0.15) is 0 Å². The summed E-state index contributed by atoms with van der Waals surface area (Å²) in [5, 5.41) is 2.95. The van der Waals surface area contributed by atoms with Crippen LogP contribution in [-0.4, -0.2) is 19.1 Å². The maximum atomic E-state index is 11.7. The molecule has 0 aromatic heterocycles. The van der Waals surface area contributed by atoms with E-state index in [1.807, 2.05) is 0 Å². The Bertz CT molecular complexity index is 397. The second kappa shape index (κ2) is 7.02. The molecule has 1 aliphatic rings. The second-order valence-electron chi connectivity index (χ2n) is 5.17. The van der Waals surface area contributed by atoms with Crippen molar-refractivity contribution in [1.82, 2.24) is 5.32 Å². The van der Waals surface area contributed by atoms with E-state index in [4.69, 9.17) is 10.5 Å². The van der Waals surface area contributed by atoms with Crippen LogP contribution in [0.4, 0.5) is 5.69 Å². The third-order valence-corrected chi connectivity index (χ3v) is 3.56. The summed E-state index contributed by atoms with van der Waals surface area (Å²) in [5.74, 6) is 1.26. The number of rotatable bonds is 5. The van der Waals surface area contributed by atoms with Crippen LogP contribution in [0.1, 0.15) is 32.1 Å². The van der Waals surface area contributed by atoms with Gasteiger partial charge in [0.1, 0.15) is 5.75 Å². The van der Waals surface area contributed by atoms with Gasteiger partial charge >= 0.3 is 0 Å². The van der Waals surface area contributed by atoms with Gasteiger partial charge in [-0.15, -0.1) is 0 Å². The van der Waals surface area contributed by atoms with Crippen LogP contribution in [0.25, 0.3) is 0 Å². The molecule has 1 aromatic carbocycles. The zero-order valence-electron chi connectivity index (χ0n) is 11.2. The molecule has 4 heteroatoms. The number of hydrogen-bond acceptors (Lipinski definition) is 3. The molecule has 0 saturated heterocycles. The van der Waals surface area contributed by atoms with Crippen LogP contribution in [0.2, 0.25) is 0 Å². The van der Waals surface area contributed by atoms with Gasteiger partial charge in [-0.1, -0.05) is 19.3 Å². The van der Waals surface area contributed by atoms with Gasteiger partial charge in [-0.05, 0) is 43.0 Å². The molecule has 104 valence electrons. The standard InChI is InChI=1S/C15H22N2O2/c16-13-6-8-14(9-7-13)19-11-15(18)17-10-12-4-2-1-3-5-12/h6-9,12H,1-5,10-11,16H2,(H,17,18). The van der Waals surface area contributed by atoms with E-state index in [0.29, 0.717) is 17.4 Å². The normalized spacial score (nSPS) is 16.0. The minimum Gasteiger partial charge on any atom is -0.484 e. The lowest BCUT2D eigenvalue weighted by atomic mass is 9.89. The topological polar surface area (TPSA) is 64.3 Å². The Hall–Kier alpha value is -1.71. The Labute approximate surface area is 114 Å². The third-order valence-electron chi connectivity index (χ3n) is 3.56. The zero-order valence-corrected chi connectivity index (χ0v) is 11.2. The molecule has 0 spiro atoms. The molecule has 0 radical (unpaired) electrons. The number of carbonyl (C=O) groups excluding carboxylic acids is 1. The molecular weight excluding hydrogens is 240 g/mol. The highest BCUT2D eigenvalue weighted by Crippen LogP contribution is 2.22. The van der Waals surface area contributed by atoms with Crippen molar-refractivity contribution in [3.05, 3.63) is 24.3 Å². The van der Waals surface area contributed by atoms with Crippen LogP contribution >= 0.6 is 0 Å². The Morgan fingerprint density at radius 2 is 1.89 bits per heavy atom. The van der Waals surface area contributed by atoms with Gasteiger partial charge in [0.25, 0.3) is 5.91 Å². The molecule has 4 nitrogen and oxygen atoms in total. The first-order valence-corrected chi connectivity index (χ1v) is 6.99. The quantitative estimate of drug-likeness (QED) is 0.801. The highest BCUT2D eigenvalue weighted by atomic mass is 16.5. The minimum atomic E-state index is -0.0533. The number of carbonyl (C=O) groups is 1. The van der Waals surface area contributed by atoms with E-state index >= 15 is 0 Å². The van der Waals surface area contributed by atoms with Crippen molar-refractivity contribution >= 4 is 11.6 Å². The Morgan fingerprint density at radius 1 is 1.21 bits per heavy atom. The average molecular weight is 262 g/mol. The molecule has 0 bridgehead atoms. The Morgan fingerprint density at radius 3 is 2.58 bits per heavy atom. The Kier molecular flexibility index (Phi) is 5.07. The highest BCUT2D eigenvalue weighted by molar-refractivity contribution is 5.77. The summed E-state index contributed by atoms with van der Waals surface area (Å²) in [4.78, 5) is 11.7. The van der Waals surface area contributed by atoms with Crippen LogP contribution < -0.4 is 15.8 Å². The lowest BCUT2D eigenvalue weighted by Crippen LogP contribution is -2.33. The van der Waals surface area contributed by atoms with E-state index in [1.165, 1.54) is 32.1 Å². The molecule has 2 rings (SSSR count). The van der Waals surface area contributed by atoms with E-state index < -0.39 is 0 Å². The summed E-state index contributed by atoms with van der Waals surface area (Å²) in [6.07, 6.45) is 6.40. The second-order valence-corrected chi connectivity index (χ2v) is 5.17. The van der Waals surface area contributed by atoms with Crippen molar-refractivity contribution in [2.75, 3.05) is 18.9 Å². The van der Waals surface area contributed by atoms with E-state index in [9.17, 15) is 4.79 Å². The molecule has 19 heavy (non-hydrogen) atoms. The summed E-state index contributed by atoms with van der Waals surface area (Å²) < 4.78 is 5.40. The fourth-order valence-electron chi connectivity index (χ4n) is 2.41. The molecule has 0 aliphatic heterocycles. The van der Waals surface area contributed by atoms with E-state index in [2.05, 4.69) is 5.32 Å². The largest absolute Gasteiger partial charge is 0.484 e. The molecule has 1 saturated carbocycles. The van der Waals surface area contributed by atoms with E-state index in [-0.39, 0.29) is 12.5 Å². The molecular formula is C15H22N2O2. The van der Waals surface area contributed by atoms with Gasteiger partial charge < -0.3 is 15.8 Å². The number of hydrogen-bond donors (Lipinski definition) is 2. The molecule has 3 N–H and O–H groups in total. The number of amides is 1. The molecule has 1 fully saturated rings. The predicted molar refractivity (Wildman–Crippen MR) is 75.9 cm³/mol. The van der Waals surface area contributed by atoms with E-state index in [1.54, 1.807) is 24.3 Å².